The lowest BCUT2D eigenvalue weighted by Gasteiger charge is -2.07. The van der Waals surface area contributed by atoms with Crippen molar-refractivity contribution in [3.8, 4) is 0 Å². The summed E-state index contributed by atoms with van der Waals surface area (Å²) in [7, 11) is 0. The molecule has 2 rings (SSSR count). The van der Waals surface area contributed by atoms with Crippen molar-refractivity contribution in [3.63, 3.8) is 0 Å². The van der Waals surface area contributed by atoms with Crippen LogP contribution in [0.2, 0.25) is 0 Å². The van der Waals surface area contributed by atoms with Crippen LogP contribution in [-0.2, 0) is 12.8 Å². The quantitative estimate of drug-likeness (QED) is 0.903. The molecule has 0 aliphatic heterocycles. The first kappa shape index (κ1) is 12.9. The zero-order valence-electron chi connectivity index (χ0n) is 10.4. The summed E-state index contributed by atoms with van der Waals surface area (Å²) in [5, 5.41) is 6.04. The third kappa shape index (κ3) is 3.01. The predicted octanol–water partition coefficient (Wildman–Crippen LogP) is 2.60. The van der Waals surface area contributed by atoms with Crippen molar-refractivity contribution in [1.29, 1.82) is 0 Å². The fraction of sp³-hybridized carbons (Fsp3) is 0.417. The summed E-state index contributed by atoms with van der Waals surface area (Å²) in [4.78, 5) is 12.1. The van der Waals surface area contributed by atoms with Crippen LogP contribution in [0.3, 0.4) is 0 Å². The average Bonchev–Trinajstić information content (AvgIpc) is 2.77. The van der Waals surface area contributed by atoms with Gasteiger partial charge in [-0.2, -0.15) is 0 Å². The molecule has 0 atom stereocenters. The second-order valence-electron chi connectivity index (χ2n) is 3.90. The number of aryl methyl sites for hydroxylation is 2. The van der Waals surface area contributed by atoms with Gasteiger partial charge in [-0.3, -0.25) is 0 Å². The molecule has 18 heavy (non-hydrogen) atoms. The average molecular weight is 266 g/mol. The Bertz CT molecular complexity index is 527. The highest BCUT2D eigenvalue weighted by atomic mass is 32.1. The van der Waals surface area contributed by atoms with Gasteiger partial charge in [-0.25, -0.2) is 19.3 Å². The van der Waals surface area contributed by atoms with Crippen molar-refractivity contribution < 1.29 is 4.39 Å². The SMILES string of the molecule is CCc1ncnc(NCCc2nc(C)cs2)c1F. The van der Waals surface area contributed by atoms with Crippen molar-refractivity contribution in [1.82, 2.24) is 15.0 Å². The molecule has 0 fully saturated rings. The van der Waals surface area contributed by atoms with E-state index in [2.05, 4.69) is 20.3 Å². The third-order valence-electron chi connectivity index (χ3n) is 2.49. The highest BCUT2D eigenvalue weighted by Gasteiger charge is 2.09. The first-order chi connectivity index (χ1) is 8.70. The van der Waals surface area contributed by atoms with E-state index in [0.717, 1.165) is 17.1 Å². The van der Waals surface area contributed by atoms with Gasteiger partial charge in [-0.15, -0.1) is 11.3 Å². The van der Waals surface area contributed by atoms with E-state index in [1.807, 2.05) is 19.2 Å². The summed E-state index contributed by atoms with van der Waals surface area (Å²) in [6.07, 6.45) is 2.72. The first-order valence-corrected chi connectivity index (χ1v) is 6.73. The van der Waals surface area contributed by atoms with Crippen LogP contribution in [0.5, 0.6) is 0 Å². The molecule has 0 spiro atoms. The van der Waals surface area contributed by atoms with E-state index in [0.29, 0.717) is 18.7 Å². The van der Waals surface area contributed by atoms with Crippen molar-refractivity contribution in [2.75, 3.05) is 11.9 Å². The normalized spacial score (nSPS) is 10.6. The molecule has 2 aromatic heterocycles. The van der Waals surface area contributed by atoms with Gasteiger partial charge in [0.15, 0.2) is 11.6 Å². The summed E-state index contributed by atoms with van der Waals surface area (Å²) >= 11 is 1.62. The Labute approximate surface area is 109 Å². The number of nitrogens with zero attached hydrogens (tertiary/aromatic N) is 3. The number of rotatable bonds is 5. The second-order valence-corrected chi connectivity index (χ2v) is 4.84. The minimum absolute atomic E-state index is 0.273. The van der Waals surface area contributed by atoms with Gasteiger partial charge in [-0.1, -0.05) is 6.92 Å². The Hall–Kier alpha value is -1.56. The zero-order chi connectivity index (χ0) is 13.0. The van der Waals surface area contributed by atoms with Crippen molar-refractivity contribution >= 4 is 17.2 Å². The largest absolute Gasteiger partial charge is 0.367 e. The van der Waals surface area contributed by atoms with Gasteiger partial charge in [0.05, 0.1) is 10.7 Å². The summed E-state index contributed by atoms with van der Waals surface area (Å²) in [5.74, 6) is -0.0783. The molecule has 4 nitrogen and oxygen atoms in total. The van der Waals surface area contributed by atoms with Gasteiger partial charge in [0.2, 0.25) is 0 Å². The van der Waals surface area contributed by atoms with Gasteiger partial charge < -0.3 is 5.32 Å². The first-order valence-electron chi connectivity index (χ1n) is 5.85. The molecule has 96 valence electrons. The van der Waals surface area contributed by atoms with Crippen LogP contribution in [0, 0.1) is 12.7 Å². The number of thiazole rings is 1. The lowest BCUT2D eigenvalue weighted by Crippen LogP contribution is -2.10. The third-order valence-corrected chi connectivity index (χ3v) is 3.52. The molecule has 0 amide bonds. The number of anilines is 1. The van der Waals surface area contributed by atoms with Crippen LogP contribution in [0.1, 0.15) is 23.3 Å². The molecule has 6 heteroatoms. The van der Waals surface area contributed by atoms with Crippen LogP contribution in [0.4, 0.5) is 10.2 Å². The molecule has 0 bridgehead atoms. The summed E-state index contributed by atoms with van der Waals surface area (Å²) in [6.45, 7) is 4.45. The van der Waals surface area contributed by atoms with E-state index >= 15 is 0 Å². The number of nitrogens with one attached hydrogen (secondary N) is 1. The Kier molecular flexibility index (Phi) is 4.19. The molecular formula is C12H15FN4S. The molecule has 0 radical (unpaired) electrons. The lowest BCUT2D eigenvalue weighted by atomic mass is 10.3. The Morgan fingerprint density at radius 3 is 2.89 bits per heavy atom. The van der Waals surface area contributed by atoms with Gasteiger partial charge in [0.25, 0.3) is 0 Å². The molecule has 0 saturated carbocycles. The van der Waals surface area contributed by atoms with E-state index in [9.17, 15) is 4.39 Å². The number of halogens is 1. The summed E-state index contributed by atoms with van der Waals surface area (Å²) < 4.78 is 13.8. The Morgan fingerprint density at radius 1 is 1.39 bits per heavy atom. The minimum atomic E-state index is -0.352. The van der Waals surface area contributed by atoms with Crippen LogP contribution < -0.4 is 5.32 Å². The Morgan fingerprint density at radius 2 is 2.22 bits per heavy atom. The smallest absolute Gasteiger partial charge is 0.186 e. The van der Waals surface area contributed by atoms with Gasteiger partial charge >= 0.3 is 0 Å². The summed E-state index contributed by atoms with van der Waals surface area (Å²) in [5.41, 5.74) is 1.47. The standard InChI is InChI=1S/C12H15FN4S/c1-3-9-11(13)12(16-7-15-9)14-5-4-10-17-8(2)6-18-10/h6-7H,3-5H2,1-2H3,(H,14,15,16). The van der Waals surface area contributed by atoms with E-state index in [4.69, 9.17) is 0 Å². The van der Waals surface area contributed by atoms with Crippen molar-refractivity contribution in [2.24, 2.45) is 0 Å². The Balaban J connectivity index is 1.94. The van der Waals surface area contributed by atoms with Crippen LogP contribution in [0.15, 0.2) is 11.7 Å². The van der Waals surface area contributed by atoms with E-state index < -0.39 is 0 Å². The minimum Gasteiger partial charge on any atom is -0.367 e. The maximum Gasteiger partial charge on any atom is 0.186 e. The van der Waals surface area contributed by atoms with Gasteiger partial charge in [0.1, 0.15) is 6.33 Å². The monoisotopic (exact) mass is 266 g/mol. The number of hydrogen-bond donors (Lipinski definition) is 1. The molecule has 0 aliphatic rings. The fourth-order valence-corrected chi connectivity index (χ4v) is 2.36. The maximum absolute atomic E-state index is 13.8. The predicted molar refractivity (Wildman–Crippen MR) is 70.4 cm³/mol. The number of hydrogen-bond acceptors (Lipinski definition) is 5. The highest BCUT2D eigenvalue weighted by molar-refractivity contribution is 7.09. The van der Waals surface area contributed by atoms with E-state index in [1.54, 1.807) is 11.3 Å². The lowest BCUT2D eigenvalue weighted by molar-refractivity contribution is 0.596. The van der Waals surface area contributed by atoms with E-state index in [-0.39, 0.29) is 11.6 Å². The topological polar surface area (TPSA) is 50.7 Å². The molecular weight excluding hydrogens is 251 g/mol. The van der Waals surface area contributed by atoms with E-state index in [1.165, 1.54) is 6.33 Å². The fourth-order valence-electron chi connectivity index (χ4n) is 1.58. The van der Waals surface area contributed by atoms with Crippen molar-refractivity contribution in [3.05, 3.63) is 33.9 Å². The molecule has 1 N–H and O–H groups in total. The second kappa shape index (κ2) is 5.86. The van der Waals surface area contributed by atoms with Crippen LogP contribution in [0.25, 0.3) is 0 Å². The maximum atomic E-state index is 13.8. The molecule has 0 aromatic carbocycles. The van der Waals surface area contributed by atoms with Crippen molar-refractivity contribution in [2.45, 2.75) is 26.7 Å². The molecule has 0 saturated heterocycles. The molecule has 2 aromatic rings. The zero-order valence-corrected chi connectivity index (χ0v) is 11.2. The van der Waals surface area contributed by atoms with Crippen LogP contribution >= 0.6 is 11.3 Å². The van der Waals surface area contributed by atoms with Gasteiger partial charge in [0, 0.05) is 24.0 Å². The highest BCUT2D eigenvalue weighted by Crippen LogP contribution is 2.14. The summed E-state index contributed by atoms with van der Waals surface area (Å²) in [6, 6.07) is 0. The molecule has 0 aliphatic carbocycles. The molecule has 2 heterocycles. The van der Waals surface area contributed by atoms with Gasteiger partial charge in [-0.05, 0) is 13.3 Å². The molecule has 0 unspecified atom stereocenters. The van der Waals surface area contributed by atoms with Crippen LogP contribution in [-0.4, -0.2) is 21.5 Å². The number of aromatic nitrogens is 3.